The highest BCUT2D eigenvalue weighted by molar-refractivity contribution is 7.95. The Morgan fingerprint density at radius 1 is 1.06 bits per heavy atom. The third kappa shape index (κ3) is 2.43. The lowest BCUT2D eigenvalue weighted by Crippen LogP contribution is -2.06. The summed E-state index contributed by atoms with van der Waals surface area (Å²) in [7, 11) is -7.80. The number of anilines is 1. The van der Waals surface area contributed by atoms with E-state index in [-0.39, 0.29) is 10.6 Å². The Balaban J connectivity index is 3.84. The highest BCUT2D eigenvalue weighted by Gasteiger charge is 2.25. The van der Waals surface area contributed by atoms with Gasteiger partial charge >= 0.3 is 0 Å². The van der Waals surface area contributed by atoms with Crippen LogP contribution in [0.5, 0.6) is 0 Å². The average Bonchev–Trinajstić information content (AvgIpc) is 2.28. The molecule has 18 heavy (non-hydrogen) atoms. The summed E-state index contributed by atoms with van der Waals surface area (Å²) in [4.78, 5) is -0.837. The smallest absolute Gasteiger partial charge is 0.202 e. The minimum Gasteiger partial charge on any atom is -0.398 e. The van der Waals surface area contributed by atoms with Crippen molar-refractivity contribution in [2.45, 2.75) is 9.79 Å². The number of halogens is 1. The molecule has 1 rings (SSSR count). The van der Waals surface area contributed by atoms with Gasteiger partial charge in [0.2, 0.25) is 19.7 Å². The maximum absolute atomic E-state index is 11.7. The zero-order chi connectivity index (χ0) is 14.1. The van der Waals surface area contributed by atoms with E-state index < -0.39 is 29.6 Å². The van der Waals surface area contributed by atoms with Crippen molar-refractivity contribution in [3.63, 3.8) is 0 Å². The molecule has 0 saturated carbocycles. The molecule has 0 heterocycles. The topological polar surface area (TPSA) is 94.3 Å². The van der Waals surface area contributed by atoms with Gasteiger partial charge in [-0.25, -0.2) is 16.8 Å². The van der Waals surface area contributed by atoms with E-state index in [4.69, 9.17) is 17.3 Å². The van der Waals surface area contributed by atoms with Crippen molar-refractivity contribution in [2.75, 3.05) is 5.73 Å². The number of rotatable bonds is 4. The van der Waals surface area contributed by atoms with Crippen molar-refractivity contribution in [1.29, 1.82) is 0 Å². The second kappa shape index (κ2) is 4.75. The molecule has 0 unspecified atom stereocenters. The van der Waals surface area contributed by atoms with Gasteiger partial charge in [0, 0.05) is 10.8 Å². The maximum atomic E-state index is 11.7. The summed E-state index contributed by atoms with van der Waals surface area (Å²) < 4.78 is 46.7. The molecular weight excluding hydrogens is 298 g/mol. The summed E-state index contributed by atoms with van der Waals surface area (Å²) in [5.74, 6) is 0. The van der Waals surface area contributed by atoms with Gasteiger partial charge < -0.3 is 5.73 Å². The molecule has 5 nitrogen and oxygen atoms in total. The standard InChI is InChI=1S/C10H10ClNO4S2/c1-3-17(13,14)8-6-5-7(12)10(9(8)11)18(15,16)4-2/h3-6H,1-2,12H2. The molecule has 0 spiro atoms. The molecule has 0 atom stereocenters. The summed E-state index contributed by atoms with van der Waals surface area (Å²) in [6, 6.07) is 2.27. The Morgan fingerprint density at radius 2 is 1.56 bits per heavy atom. The molecule has 0 aromatic heterocycles. The monoisotopic (exact) mass is 307 g/mol. The first-order valence-electron chi connectivity index (χ1n) is 4.50. The van der Waals surface area contributed by atoms with Gasteiger partial charge in [-0.15, -0.1) is 0 Å². The zero-order valence-electron chi connectivity index (χ0n) is 9.13. The Hall–Kier alpha value is -1.31. The quantitative estimate of drug-likeness (QED) is 0.855. The molecule has 0 bridgehead atoms. The van der Waals surface area contributed by atoms with Crippen molar-refractivity contribution in [3.8, 4) is 0 Å². The first kappa shape index (κ1) is 14.7. The van der Waals surface area contributed by atoms with Gasteiger partial charge in [0.1, 0.15) is 4.90 Å². The Morgan fingerprint density at radius 3 is 2.00 bits per heavy atom. The second-order valence-electron chi connectivity index (χ2n) is 3.22. The van der Waals surface area contributed by atoms with Crippen LogP contribution >= 0.6 is 11.6 Å². The van der Waals surface area contributed by atoms with E-state index in [1.54, 1.807) is 0 Å². The lowest BCUT2D eigenvalue weighted by molar-refractivity contribution is 0.603. The molecule has 0 fully saturated rings. The predicted octanol–water partition coefficient (Wildman–Crippen LogP) is 1.76. The van der Waals surface area contributed by atoms with Gasteiger partial charge in [0.15, 0.2) is 0 Å². The molecule has 2 N–H and O–H groups in total. The Kier molecular flexibility index (Phi) is 3.89. The molecule has 0 saturated heterocycles. The van der Waals surface area contributed by atoms with Crippen molar-refractivity contribution in [1.82, 2.24) is 0 Å². The molecule has 1 aromatic carbocycles. The molecule has 1 aromatic rings. The van der Waals surface area contributed by atoms with Gasteiger partial charge in [-0.3, -0.25) is 0 Å². The normalized spacial score (nSPS) is 12.1. The first-order valence-corrected chi connectivity index (χ1v) is 7.97. The molecule has 0 radical (unpaired) electrons. The van der Waals surface area contributed by atoms with Crippen LogP contribution in [0.1, 0.15) is 0 Å². The number of nitrogens with two attached hydrogens (primary N) is 1. The van der Waals surface area contributed by atoms with Crippen molar-refractivity contribution < 1.29 is 16.8 Å². The number of hydrogen-bond acceptors (Lipinski definition) is 5. The van der Waals surface area contributed by atoms with E-state index in [0.717, 1.165) is 12.1 Å². The van der Waals surface area contributed by atoms with Gasteiger partial charge in [-0.05, 0) is 12.1 Å². The lowest BCUT2D eigenvalue weighted by atomic mass is 10.3. The highest BCUT2D eigenvalue weighted by Crippen LogP contribution is 2.34. The fourth-order valence-electron chi connectivity index (χ4n) is 1.23. The van der Waals surface area contributed by atoms with E-state index in [1.165, 1.54) is 0 Å². The molecule has 8 heteroatoms. The van der Waals surface area contributed by atoms with E-state index in [2.05, 4.69) is 13.2 Å². The molecular formula is C10H10ClNO4S2. The minimum absolute atomic E-state index is 0.150. The number of sulfone groups is 2. The highest BCUT2D eigenvalue weighted by atomic mass is 35.5. The molecule has 0 aliphatic heterocycles. The summed E-state index contributed by atoms with van der Waals surface area (Å²) >= 11 is 5.81. The van der Waals surface area contributed by atoms with Gasteiger partial charge in [0.25, 0.3) is 0 Å². The van der Waals surface area contributed by atoms with Crippen molar-refractivity contribution in [2.24, 2.45) is 0 Å². The molecule has 0 amide bonds. The van der Waals surface area contributed by atoms with E-state index in [1.807, 2.05) is 0 Å². The number of hydrogen-bond donors (Lipinski definition) is 1. The fourth-order valence-corrected chi connectivity index (χ4v) is 3.83. The molecule has 0 aliphatic carbocycles. The maximum Gasteiger partial charge on any atom is 0.202 e. The van der Waals surface area contributed by atoms with E-state index in [0.29, 0.717) is 10.8 Å². The average molecular weight is 308 g/mol. The van der Waals surface area contributed by atoms with Crippen molar-refractivity contribution in [3.05, 3.63) is 41.1 Å². The second-order valence-corrected chi connectivity index (χ2v) is 7.29. The summed E-state index contributed by atoms with van der Waals surface area (Å²) in [6.07, 6.45) is 0. The Labute approximate surface area is 110 Å². The third-order valence-corrected chi connectivity index (χ3v) is 5.58. The largest absolute Gasteiger partial charge is 0.398 e. The van der Waals surface area contributed by atoms with Crippen LogP contribution in [-0.4, -0.2) is 16.8 Å². The van der Waals surface area contributed by atoms with E-state index in [9.17, 15) is 16.8 Å². The van der Waals surface area contributed by atoms with Gasteiger partial charge in [-0.2, -0.15) is 0 Å². The van der Waals surface area contributed by atoms with Crippen LogP contribution in [0.25, 0.3) is 0 Å². The lowest BCUT2D eigenvalue weighted by Gasteiger charge is -2.10. The number of benzene rings is 1. The number of nitrogen functional groups attached to an aromatic ring is 1. The van der Waals surface area contributed by atoms with Crippen LogP contribution in [0.15, 0.2) is 45.9 Å². The van der Waals surface area contributed by atoms with Crippen LogP contribution in [0.4, 0.5) is 5.69 Å². The van der Waals surface area contributed by atoms with Gasteiger partial charge in [0.05, 0.1) is 15.6 Å². The van der Waals surface area contributed by atoms with E-state index >= 15 is 0 Å². The van der Waals surface area contributed by atoms with Crippen LogP contribution in [0.2, 0.25) is 5.02 Å². The Bertz CT molecular complexity index is 720. The summed E-state index contributed by atoms with van der Waals surface area (Å²) in [6.45, 7) is 6.27. The summed E-state index contributed by atoms with van der Waals surface area (Å²) in [5, 5.41) is 0.860. The minimum atomic E-state index is -3.94. The van der Waals surface area contributed by atoms with Crippen molar-refractivity contribution >= 4 is 37.0 Å². The molecule has 98 valence electrons. The first-order chi connectivity index (χ1) is 8.17. The zero-order valence-corrected chi connectivity index (χ0v) is 11.5. The van der Waals surface area contributed by atoms with Crippen LogP contribution in [-0.2, 0) is 19.7 Å². The SMILES string of the molecule is C=CS(=O)(=O)c1ccc(N)c(S(=O)(=O)C=C)c1Cl. The molecule has 0 aliphatic rings. The fraction of sp³-hybridized carbons (Fsp3) is 0. The summed E-state index contributed by atoms with van der Waals surface area (Å²) in [5.41, 5.74) is 5.35. The third-order valence-electron chi connectivity index (χ3n) is 2.12. The van der Waals surface area contributed by atoms with Crippen LogP contribution in [0.3, 0.4) is 0 Å². The van der Waals surface area contributed by atoms with Crippen LogP contribution < -0.4 is 5.73 Å². The van der Waals surface area contributed by atoms with Crippen LogP contribution in [0, 0.1) is 0 Å². The van der Waals surface area contributed by atoms with Gasteiger partial charge in [-0.1, -0.05) is 24.8 Å². The predicted molar refractivity (Wildman–Crippen MR) is 70.6 cm³/mol.